The Bertz CT molecular complexity index is 1150. The first-order valence-corrected chi connectivity index (χ1v) is 10.1. The maximum Gasteiger partial charge on any atom is 0.471 e. The van der Waals surface area contributed by atoms with Crippen molar-refractivity contribution < 1.29 is 42.1 Å². The lowest BCUT2D eigenvalue weighted by Gasteiger charge is -2.18. The molecule has 0 radical (unpaired) electrons. The van der Waals surface area contributed by atoms with Crippen molar-refractivity contribution in [1.29, 1.82) is 0 Å². The van der Waals surface area contributed by atoms with Gasteiger partial charge in [-0.05, 0) is 12.1 Å². The summed E-state index contributed by atoms with van der Waals surface area (Å²) in [5.74, 6) is -3.14. The lowest BCUT2D eigenvalue weighted by Crippen LogP contribution is -2.36. The lowest BCUT2D eigenvalue weighted by molar-refractivity contribution is -0.173. The molecule has 188 valence electrons. The topological polar surface area (TPSA) is 143 Å². The Labute approximate surface area is 194 Å². The van der Waals surface area contributed by atoms with Crippen LogP contribution < -0.4 is 16.3 Å². The first kappa shape index (κ1) is 26.0. The molecule has 2 aromatic rings. The summed E-state index contributed by atoms with van der Waals surface area (Å²) < 4.78 is 57.5. The monoisotopic (exact) mass is 500 g/mol. The predicted octanol–water partition coefficient (Wildman–Crippen LogP) is 0.776. The van der Waals surface area contributed by atoms with E-state index in [0.29, 0.717) is 4.57 Å². The zero-order valence-corrected chi connectivity index (χ0v) is 17.8. The number of ether oxygens (including phenoxy) is 1. The van der Waals surface area contributed by atoms with E-state index in [0.717, 1.165) is 18.3 Å². The summed E-state index contributed by atoms with van der Waals surface area (Å²) in [6.45, 7) is -1.29. The molecule has 1 aliphatic heterocycles. The summed E-state index contributed by atoms with van der Waals surface area (Å²) >= 11 is 0. The third-order valence-electron chi connectivity index (χ3n) is 4.93. The van der Waals surface area contributed by atoms with Crippen LogP contribution in [0.15, 0.2) is 47.4 Å². The minimum Gasteiger partial charge on any atom is -0.394 e. The van der Waals surface area contributed by atoms with Gasteiger partial charge in [0.05, 0.1) is 6.61 Å². The van der Waals surface area contributed by atoms with Gasteiger partial charge in [0.1, 0.15) is 18.0 Å². The Balaban J connectivity index is 1.92. The van der Waals surface area contributed by atoms with E-state index in [-0.39, 0.29) is 16.9 Å². The number of hydrogen-bond acceptors (Lipinski definition) is 7. The number of aromatic nitrogens is 2. The zero-order chi connectivity index (χ0) is 25.8. The summed E-state index contributed by atoms with van der Waals surface area (Å²) in [6, 6.07) is 7.81. The average molecular weight is 500 g/mol. The fourth-order valence-corrected chi connectivity index (χ4v) is 3.17. The smallest absolute Gasteiger partial charge is 0.394 e. The average Bonchev–Trinajstić information content (AvgIpc) is 3.11. The van der Waals surface area contributed by atoms with E-state index in [2.05, 4.69) is 10.3 Å². The van der Waals surface area contributed by atoms with Gasteiger partial charge in [-0.2, -0.15) is 18.2 Å². The van der Waals surface area contributed by atoms with Crippen LogP contribution in [0.2, 0.25) is 0 Å². The molecular formula is C21H20F4N4O6. The highest BCUT2D eigenvalue weighted by Crippen LogP contribution is 2.31. The lowest BCUT2D eigenvalue weighted by atomic mass is 10.1. The van der Waals surface area contributed by atoms with E-state index >= 15 is 0 Å². The molecule has 0 bridgehead atoms. The summed E-state index contributed by atoms with van der Waals surface area (Å²) in [4.78, 5) is 39.8. The van der Waals surface area contributed by atoms with Gasteiger partial charge >= 0.3 is 17.8 Å². The molecule has 0 spiro atoms. The van der Waals surface area contributed by atoms with Crippen LogP contribution in [-0.4, -0.2) is 69.3 Å². The molecular weight excluding hydrogens is 480 g/mol. The minimum absolute atomic E-state index is 0.0483. The first-order valence-electron chi connectivity index (χ1n) is 10.1. The van der Waals surface area contributed by atoms with Gasteiger partial charge in [-0.1, -0.05) is 30.4 Å². The number of carbonyl (C=O) groups excluding carboxylic acids is 2. The molecule has 2 heterocycles. The van der Waals surface area contributed by atoms with Gasteiger partial charge in [0.2, 0.25) is 0 Å². The summed E-state index contributed by atoms with van der Waals surface area (Å²) in [6.07, 6.45) is -8.66. The normalized spacial score (nSPS) is 22.3. The van der Waals surface area contributed by atoms with E-state index in [4.69, 9.17) is 4.74 Å². The van der Waals surface area contributed by atoms with E-state index in [1.54, 1.807) is 23.5 Å². The van der Waals surface area contributed by atoms with Gasteiger partial charge in [-0.15, -0.1) is 0 Å². The number of hydrogen-bond donors (Lipinski definition) is 4. The van der Waals surface area contributed by atoms with Crippen LogP contribution in [0, 0.1) is 0 Å². The molecule has 35 heavy (non-hydrogen) atoms. The van der Waals surface area contributed by atoms with E-state index < -0.39 is 61.4 Å². The molecule has 4 N–H and O–H groups in total. The maximum absolute atomic E-state index is 14.5. The molecule has 4 atom stereocenters. The van der Waals surface area contributed by atoms with Crippen molar-refractivity contribution in [1.82, 2.24) is 14.9 Å². The van der Waals surface area contributed by atoms with Crippen molar-refractivity contribution in [2.24, 2.45) is 0 Å². The Morgan fingerprint density at radius 1 is 1.23 bits per heavy atom. The second kappa shape index (κ2) is 10.8. The zero-order valence-electron chi connectivity index (χ0n) is 17.8. The highest BCUT2D eigenvalue weighted by atomic mass is 19.4. The highest BCUT2D eigenvalue weighted by molar-refractivity contribution is 6.04. The number of aliphatic hydroxyl groups is 2. The molecule has 1 aliphatic rings. The second-order valence-electron chi connectivity index (χ2n) is 7.35. The number of rotatable bonds is 7. The third-order valence-corrected chi connectivity index (χ3v) is 4.93. The molecule has 1 aromatic heterocycles. The summed E-state index contributed by atoms with van der Waals surface area (Å²) in [7, 11) is 0. The molecule has 10 nitrogen and oxygen atoms in total. The molecule has 0 aliphatic carbocycles. The van der Waals surface area contributed by atoms with Gasteiger partial charge in [-0.25, -0.2) is 9.18 Å². The maximum atomic E-state index is 14.5. The van der Waals surface area contributed by atoms with E-state index in [1.165, 1.54) is 12.1 Å². The summed E-state index contributed by atoms with van der Waals surface area (Å²) in [5.41, 5.74) is -0.912. The molecule has 1 aromatic carbocycles. The van der Waals surface area contributed by atoms with E-state index in [9.17, 15) is 42.2 Å². The SMILES string of the molecule is O=C(Nc1nc(=O)n([C@@H]2O[C@H](CO)C(O)[C@@H]2F)cc1/C=C/CNC(=O)C(F)(F)F)c1ccccc1. The Hall–Kier alpha value is -3.62. The van der Waals surface area contributed by atoms with Crippen LogP contribution in [0.5, 0.6) is 0 Å². The number of carbonyl (C=O) groups is 2. The summed E-state index contributed by atoms with van der Waals surface area (Å²) in [5, 5.41) is 23.1. The van der Waals surface area contributed by atoms with E-state index in [1.807, 2.05) is 0 Å². The fourth-order valence-electron chi connectivity index (χ4n) is 3.17. The standard InChI is InChI=1S/C21H20F4N4O6/c22-14-15(31)13(10-30)35-18(14)29-9-12(7-4-8-26-19(33)21(23,24)25)16(28-20(29)34)27-17(32)11-5-2-1-3-6-11/h1-7,9,13-15,18,30-31H,8,10H2,(H,26,33)(H,27,28,32,34)/b7-4+/t13-,14+,15?,18-/m1/s1. The molecule has 14 heteroatoms. The number of nitrogens with one attached hydrogen (secondary N) is 2. The number of alkyl halides is 4. The molecule has 1 fully saturated rings. The van der Waals surface area contributed by atoms with Gasteiger partial charge in [0.15, 0.2) is 12.4 Å². The molecule has 3 rings (SSSR count). The molecule has 1 unspecified atom stereocenters. The van der Waals surface area contributed by atoms with Gasteiger partial charge < -0.3 is 25.6 Å². The van der Waals surface area contributed by atoms with Crippen molar-refractivity contribution in [3.8, 4) is 0 Å². The number of anilines is 1. The first-order chi connectivity index (χ1) is 16.5. The van der Waals surface area contributed by atoms with Crippen molar-refractivity contribution in [3.63, 3.8) is 0 Å². The Kier molecular flexibility index (Phi) is 7.99. The van der Waals surface area contributed by atoms with Crippen LogP contribution in [0.25, 0.3) is 6.08 Å². The van der Waals surface area contributed by atoms with Crippen molar-refractivity contribution in [3.05, 3.63) is 64.2 Å². The number of benzene rings is 1. The highest BCUT2D eigenvalue weighted by Gasteiger charge is 2.45. The fraction of sp³-hybridized carbons (Fsp3) is 0.333. The Morgan fingerprint density at radius 3 is 2.51 bits per heavy atom. The third kappa shape index (κ3) is 6.09. The predicted molar refractivity (Wildman–Crippen MR) is 113 cm³/mol. The molecule has 2 amide bonds. The van der Waals surface area contributed by atoms with Crippen LogP contribution in [0.3, 0.4) is 0 Å². The number of amides is 2. The largest absolute Gasteiger partial charge is 0.471 e. The van der Waals surface area contributed by atoms with Crippen LogP contribution >= 0.6 is 0 Å². The van der Waals surface area contributed by atoms with Crippen LogP contribution in [-0.2, 0) is 9.53 Å². The second-order valence-corrected chi connectivity index (χ2v) is 7.35. The minimum atomic E-state index is -5.09. The van der Waals surface area contributed by atoms with Crippen LogP contribution in [0.4, 0.5) is 23.4 Å². The molecule has 0 saturated carbocycles. The van der Waals surface area contributed by atoms with Gasteiger partial charge in [-0.3, -0.25) is 14.2 Å². The Morgan fingerprint density at radius 2 is 1.91 bits per heavy atom. The van der Waals surface area contributed by atoms with Crippen molar-refractivity contribution in [2.75, 3.05) is 18.5 Å². The van der Waals surface area contributed by atoms with Gasteiger partial charge in [0, 0.05) is 23.9 Å². The molecule has 1 saturated heterocycles. The number of halogens is 4. The quantitative estimate of drug-likeness (QED) is 0.412. The van der Waals surface area contributed by atoms with Crippen molar-refractivity contribution in [2.45, 2.75) is 30.8 Å². The van der Waals surface area contributed by atoms with Crippen LogP contribution in [0.1, 0.15) is 22.1 Å². The number of aliphatic hydroxyl groups excluding tert-OH is 2. The van der Waals surface area contributed by atoms with Crippen molar-refractivity contribution >= 4 is 23.7 Å². The van der Waals surface area contributed by atoms with Gasteiger partial charge in [0.25, 0.3) is 5.91 Å². The number of nitrogens with zero attached hydrogens (tertiary/aromatic N) is 2.